The van der Waals surface area contributed by atoms with Gasteiger partial charge in [0.15, 0.2) is 0 Å². The molecule has 30 heavy (non-hydrogen) atoms. The molecule has 0 unspecified atom stereocenters. The van der Waals surface area contributed by atoms with Gasteiger partial charge in [0.1, 0.15) is 5.75 Å². The predicted molar refractivity (Wildman–Crippen MR) is 119 cm³/mol. The maximum atomic E-state index is 12.3. The Morgan fingerprint density at radius 2 is 1.93 bits per heavy atom. The number of benzene rings is 2. The third-order valence-electron chi connectivity index (χ3n) is 4.37. The summed E-state index contributed by atoms with van der Waals surface area (Å²) in [6.45, 7) is 0. The fraction of sp³-hybridized carbons (Fsp3) is 0.190. The van der Waals surface area contributed by atoms with Gasteiger partial charge in [-0.2, -0.15) is 5.26 Å². The summed E-state index contributed by atoms with van der Waals surface area (Å²) in [5.41, 5.74) is 1.72. The van der Waals surface area contributed by atoms with E-state index in [1.807, 2.05) is 12.1 Å². The van der Waals surface area contributed by atoms with Crippen molar-refractivity contribution < 1.29 is 14.3 Å². The van der Waals surface area contributed by atoms with Gasteiger partial charge in [-0.25, -0.2) is 0 Å². The minimum atomic E-state index is -0.382. The van der Waals surface area contributed by atoms with Crippen molar-refractivity contribution in [3.05, 3.63) is 68.7 Å². The van der Waals surface area contributed by atoms with Crippen LogP contribution in [0, 0.1) is 11.3 Å². The van der Waals surface area contributed by atoms with Gasteiger partial charge in [-0.3, -0.25) is 9.59 Å². The number of methoxy groups -OCH3 is 1. The minimum Gasteiger partial charge on any atom is -0.497 e. The molecule has 3 rings (SSSR count). The number of carbonyl (C=O) groups is 2. The number of anilines is 1. The summed E-state index contributed by atoms with van der Waals surface area (Å²) in [5, 5.41) is 16.3. The molecule has 2 amide bonds. The van der Waals surface area contributed by atoms with E-state index in [9.17, 15) is 14.9 Å². The average molecular weight is 462 g/mol. The SMILES string of the molecule is COc1ccc([C@@H]2CC(=O)NC(SCC(=O)Nc3cc(Cl)cc(Cl)c3)=C2C#N)cc1. The van der Waals surface area contributed by atoms with Gasteiger partial charge in [-0.05, 0) is 35.9 Å². The van der Waals surface area contributed by atoms with Crippen LogP contribution in [0.2, 0.25) is 10.0 Å². The number of ether oxygens (including phenoxy) is 1. The van der Waals surface area contributed by atoms with Crippen LogP contribution < -0.4 is 15.4 Å². The molecule has 0 saturated carbocycles. The number of thioether (sulfide) groups is 1. The molecule has 154 valence electrons. The first-order valence-corrected chi connectivity index (χ1v) is 10.6. The third-order valence-corrected chi connectivity index (χ3v) is 5.82. The van der Waals surface area contributed by atoms with Gasteiger partial charge in [0, 0.05) is 28.1 Å². The molecule has 1 aliphatic rings. The van der Waals surface area contributed by atoms with Crippen LogP contribution in [0.3, 0.4) is 0 Å². The van der Waals surface area contributed by atoms with Crippen LogP contribution in [0.25, 0.3) is 0 Å². The number of amides is 2. The Kier molecular flexibility index (Phi) is 7.27. The van der Waals surface area contributed by atoms with Crippen LogP contribution >= 0.6 is 35.0 Å². The fourth-order valence-electron chi connectivity index (χ4n) is 3.01. The Balaban J connectivity index is 1.75. The first-order chi connectivity index (χ1) is 14.4. The number of carbonyl (C=O) groups excluding carboxylic acids is 2. The summed E-state index contributed by atoms with van der Waals surface area (Å²) in [7, 11) is 1.57. The van der Waals surface area contributed by atoms with Crippen LogP contribution in [0.4, 0.5) is 5.69 Å². The number of allylic oxidation sites excluding steroid dienone is 1. The Morgan fingerprint density at radius 3 is 2.53 bits per heavy atom. The summed E-state index contributed by atoms with van der Waals surface area (Å²) >= 11 is 13.0. The average Bonchev–Trinajstić information content (AvgIpc) is 2.71. The number of hydrogen-bond donors (Lipinski definition) is 2. The summed E-state index contributed by atoms with van der Waals surface area (Å²) < 4.78 is 5.16. The Labute approximate surface area is 188 Å². The van der Waals surface area contributed by atoms with E-state index in [-0.39, 0.29) is 29.9 Å². The van der Waals surface area contributed by atoms with Crippen LogP contribution in [0.1, 0.15) is 17.9 Å². The van der Waals surface area contributed by atoms with Gasteiger partial charge >= 0.3 is 0 Å². The van der Waals surface area contributed by atoms with Gasteiger partial charge in [-0.15, -0.1) is 0 Å². The molecule has 1 heterocycles. The van der Waals surface area contributed by atoms with Gasteiger partial charge in [0.05, 0.1) is 29.5 Å². The third kappa shape index (κ3) is 5.48. The molecule has 0 spiro atoms. The summed E-state index contributed by atoms with van der Waals surface area (Å²) in [4.78, 5) is 24.6. The van der Waals surface area contributed by atoms with Crippen molar-refractivity contribution in [3.8, 4) is 11.8 Å². The van der Waals surface area contributed by atoms with Crippen LogP contribution in [0.15, 0.2) is 53.1 Å². The molecular weight excluding hydrogens is 445 g/mol. The van der Waals surface area contributed by atoms with Crippen LogP contribution in [-0.4, -0.2) is 24.7 Å². The van der Waals surface area contributed by atoms with E-state index in [4.69, 9.17) is 27.9 Å². The second kappa shape index (κ2) is 9.90. The molecule has 1 atom stereocenters. The molecule has 2 N–H and O–H groups in total. The highest BCUT2D eigenvalue weighted by molar-refractivity contribution is 8.03. The van der Waals surface area contributed by atoms with E-state index < -0.39 is 0 Å². The molecule has 9 heteroatoms. The van der Waals surface area contributed by atoms with Crippen molar-refractivity contribution in [3.63, 3.8) is 0 Å². The van der Waals surface area contributed by atoms with Gasteiger partial charge in [-0.1, -0.05) is 47.1 Å². The molecule has 6 nitrogen and oxygen atoms in total. The van der Waals surface area contributed by atoms with Gasteiger partial charge in [0.25, 0.3) is 0 Å². The molecule has 2 aromatic carbocycles. The quantitative estimate of drug-likeness (QED) is 0.649. The monoisotopic (exact) mass is 461 g/mol. The van der Waals surface area contributed by atoms with Crippen molar-refractivity contribution in [2.75, 3.05) is 18.2 Å². The standard InChI is InChI=1S/C21H17Cl2N3O3S/c1-29-16-4-2-12(3-5-16)17-9-19(27)26-21(18(17)10-24)30-11-20(28)25-15-7-13(22)6-14(23)8-15/h2-8,17H,9,11H2,1H3,(H,25,28)(H,26,27)/t17-/m0/s1. The minimum absolute atomic E-state index is 0.000256. The zero-order valence-electron chi connectivity index (χ0n) is 15.9. The Bertz CT molecular complexity index is 1030. The van der Waals surface area contributed by atoms with E-state index >= 15 is 0 Å². The topological polar surface area (TPSA) is 91.2 Å². The van der Waals surface area contributed by atoms with E-state index in [0.717, 1.165) is 17.3 Å². The number of hydrogen-bond acceptors (Lipinski definition) is 5. The van der Waals surface area contributed by atoms with Gasteiger partial charge < -0.3 is 15.4 Å². The lowest BCUT2D eigenvalue weighted by Gasteiger charge is -2.25. The molecule has 0 aliphatic carbocycles. The maximum absolute atomic E-state index is 12.3. The highest BCUT2D eigenvalue weighted by Gasteiger charge is 2.29. The Hall–Kier alpha value is -2.66. The molecule has 0 fully saturated rings. The largest absolute Gasteiger partial charge is 0.497 e. The molecule has 1 aliphatic heterocycles. The smallest absolute Gasteiger partial charge is 0.234 e. The highest BCUT2D eigenvalue weighted by atomic mass is 35.5. The highest BCUT2D eigenvalue weighted by Crippen LogP contribution is 2.36. The normalized spacial score (nSPS) is 15.9. The zero-order chi connectivity index (χ0) is 21.7. The first kappa shape index (κ1) is 22.0. The van der Waals surface area contributed by atoms with Crippen molar-refractivity contribution >= 4 is 52.5 Å². The molecule has 0 saturated heterocycles. The van der Waals surface area contributed by atoms with Crippen LogP contribution in [0.5, 0.6) is 5.75 Å². The first-order valence-electron chi connectivity index (χ1n) is 8.86. The predicted octanol–water partition coefficient (Wildman–Crippen LogP) is 4.71. The summed E-state index contributed by atoms with van der Waals surface area (Å²) in [6, 6.07) is 14.1. The lowest BCUT2D eigenvalue weighted by Crippen LogP contribution is -2.31. The van der Waals surface area contributed by atoms with E-state index in [1.54, 1.807) is 37.4 Å². The number of nitrogens with one attached hydrogen (secondary N) is 2. The number of nitrogens with zero attached hydrogens (tertiary/aromatic N) is 1. The fourth-order valence-corrected chi connectivity index (χ4v) is 4.42. The second-order valence-electron chi connectivity index (χ2n) is 6.43. The van der Waals surface area contributed by atoms with E-state index in [1.165, 1.54) is 0 Å². The number of halogens is 2. The lowest BCUT2D eigenvalue weighted by atomic mass is 9.87. The van der Waals surface area contributed by atoms with Crippen molar-refractivity contribution in [2.45, 2.75) is 12.3 Å². The number of rotatable bonds is 6. The summed E-state index contributed by atoms with van der Waals surface area (Å²) in [5.74, 6) is -0.218. The molecule has 0 aromatic heterocycles. The maximum Gasteiger partial charge on any atom is 0.234 e. The molecule has 0 bridgehead atoms. The molecular formula is C21H17Cl2N3O3S. The van der Waals surface area contributed by atoms with Gasteiger partial charge in [0.2, 0.25) is 11.8 Å². The molecule has 0 radical (unpaired) electrons. The zero-order valence-corrected chi connectivity index (χ0v) is 18.2. The summed E-state index contributed by atoms with van der Waals surface area (Å²) in [6.07, 6.45) is 0.159. The molecule has 2 aromatic rings. The Morgan fingerprint density at radius 1 is 1.27 bits per heavy atom. The van der Waals surface area contributed by atoms with E-state index in [0.29, 0.717) is 32.1 Å². The van der Waals surface area contributed by atoms with Crippen molar-refractivity contribution in [2.24, 2.45) is 0 Å². The van der Waals surface area contributed by atoms with Crippen LogP contribution in [-0.2, 0) is 9.59 Å². The van der Waals surface area contributed by atoms with Crippen molar-refractivity contribution in [1.82, 2.24) is 5.32 Å². The lowest BCUT2D eigenvalue weighted by molar-refractivity contribution is -0.121. The number of nitriles is 1. The second-order valence-corrected chi connectivity index (χ2v) is 8.29. The van der Waals surface area contributed by atoms with Crippen molar-refractivity contribution in [1.29, 1.82) is 5.26 Å². The van der Waals surface area contributed by atoms with E-state index in [2.05, 4.69) is 16.7 Å².